The number of carboxylic acids is 1. The van der Waals surface area contributed by atoms with Crippen molar-refractivity contribution in [3.05, 3.63) is 29.8 Å². The largest absolute Gasteiger partial charge is 0.479 e. The van der Waals surface area contributed by atoms with Crippen LogP contribution in [-0.4, -0.2) is 29.8 Å². The Morgan fingerprint density at radius 1 is 1.38 bits per heavy atom. The van der Waals surface area contributed by atoms with Gasteiger partial charge in [-0.1, -0.05) is 0 Å². The van der Waals surface area contributed by atoms with Gasteiger partial charge in [-0.2, -0.15) is 0 Å². The van der Waals surface area contributed by atoms with Crippen LogP contribution in [0.25, 0.3) is 0 Å². The van der Waals surface area contributed by atoms with E-state index in [4.69, 9.17) is 5.11 Å². The lowest BCUT2D eigenvalue weighted by Gasteiger charge is -2.04. The van der Waals surface area contributed by atoms with Gasteiger partial charge >= 0.3 is 5.97 Å². The van der Waals surface area contributed by atoms with Crippen LogP contribution in [0.5, 0.6) is 0 Å². The van der Waals surface area contributed by atoms with E-state index in [1.807, 2.05) is 11.7 Å². The van der Waals surface area contributed by atoms with Gasteiger partial charge in [-0.3, -0.25) is 9.63 Å². The number of aliphatic carboxylic acids is 1. The molecule has 1 amide bonds. The molecular weight excluding hydrogens is 230 g/mol. The molecule has 0 spiro atoms. The molecule has 0 aliphatic carbocycles. The molecule has 0 aliphatic rings. The minimum absolute atomic E-state index is 0.420. The van der Waals surface area contributed by atoms with Gasteiger partial charge in [0.25, 0.3) is 5.91 Å². The Morgan fingerprint density at radius 3 is 2.50 bits per heavy atom. The Hall–Kier alpha value is -1.53. The number of hydrogen-bond donors (Lipinski definition) is 2. The van der Waals surface area contributed by atoms with E-state index in [-0.39, 0.29) is 0 Å². The lowest BCUT2D eigenvalue weighted by molar-refractivity contribution is -0.144. The molecule has 0 saturated carbocycles. The summed E-state index contributed by atoms with van der Waals surface area (Å²) in [4.78, 5) is 27.0. The highest BCUT2D eigenvalue weighted by Gasteiger charge is 2.06. The predicted molar refractivity (Wildman–Crippen MR) is 59.3 cm³/mol. The van der Waals surface area contributed by atoms with Crippen LogP contribution in [-0.2, 0) is 9.63 Å². The van der Waals surface area contributed by atoms with Crippen molar-refractivity contribution in [2.75, 3.05) is 12.9 Å². The van der Waals surface area contributed by atoms with Crippen molar-refractivity contribution >= 4 is 23.6 Å². The average Bonchev–Trinajstić information content (AvgIpc) is 2.28. The summed E-state index contributed by atoms with van der Waals surface area (Å²) in [6, 6.07) is 6.89. The van der Waals surface area contributed by atoms with Crippen LogP contribution in [0.4, 0.5) is 0 Å². The molecule has 6 heteroatoms. The normalized spacial score (nSPS) is 9.81. The van der Waals surface area contributed by atoms with Crippen LogP contribution in [0.1, 0.15) is 10.4 Å². The lowest BCUT2D eigenvalue weighted by Crippen LogP contribution is -2.26. The second kappa shape index (κ2) is 6.14. The zero-order chi connectivity index (χ0) is 12.0. The lowest BCUT2D eigenvalue weighted by atomic mass is 10.2. The first-order valence-electron chi connectivity index (χ1n) is 4.41. The van der Waals surface area contributed by atoms with Crippen molar-refractivity contribution in [3.63, 3.8) is 0 Å². The van der Waals surface area contributed by atoms with E-state index in [0.29, 0.717) is 5.56 Å². The van der Waals surface area contributed by atoms with Gasteiger partial charge in [-0.25, -0.2) is 10.3 Å². The molecule has 0 unspecified atom stereocenters. The van der Waals surface area contributed by atoms with Crippen molar-refractivity contribution in [3.8, 4) is 0 Å². The number of thioether (sulfide) groups is 1. The number of carboxylic acid groups (broad SMARTS) is 1. The second-order valence-corrected chi connectivity index (χ2v) is 3.72. The molecule has 0 heterocycles. The maximum absolute atomic E-state index is 11.4. The number of carbonyl (C=O) groups is 2. The molecule has 0 aliphatic heterocycles. The van der Waals surface area contributed by atoms with Gasteiger partial charge in [-0.15, -0.1) is 11.8 Å². The Morgan fingerprint density at radius 2 is 2.00 bits per heavy atom. The monoisotopic (exact) mass is 241 g/mol. The fourth-order valence-electron chi connectivity index (χ4n) is 0.965. The Balaban J connectivity index is 2.49. The number of carbonyl (C=O) groups excluding carboxylic acids is 1. The summed E-state index contributed by atoms with van der Waals surface area (Å²) in [5.41, 5.74) is 2.46. The molecule has 0 radical (unpaired) electrons. The van der Waals surface area contributed by atoms with E-state index in [9.17, 15) is 9.59 Å². The summed E-state index contributed by atoms with van der Waals surface area (Å²) in [5.74, 6) is -1.60. The summed E-state index contributed by atoms with van der Waals surface area (Å²) in [7, 11) is 0. The maximum atomic E-state index is 11.4. The first-order valence-corrected chi connectivity index (χ1v) is 5.64. The summed E-state index contributed by atoms with van der Waals surface area (Å²) in [5, 5.41) is 8.29. The van der Waals surface area contributed by atoms with E-state index in [0.717, 1.165) is 4.90 Å². The Kier molecular flexibility index (Phi) is 4.81. The standard InChI is InChI=1S/C10H11NO4S/c1-16-8-4-2-7(3-5-8)10(14)11-15-6-9(12)13/h2-5H,6H2,1H3,(H,11,14)(H,12,13). The van der Waals surface area contributed by atoms with Gasteiger partial charge in [-0.05, 0) is 30.5 Å². The molecule has 0 atom stereocenters. The van der Waals surface area contributed by atoms with Crippen molar-refractivity contribution in [2.24, 2.45) is 0 Å². The van der Waals surface area contributed by atoms with Crippen molar-refractivity contribution in [1.82, 2.24) is 5.48 Å². The van der Waals surface area contributed by atoms with Crippen molar-refractivity contribution < 1.29 is 19.5 Å². The fourth-order valence-corrected chi connectivity index (χ4v) is 1.37. The average molecular weight is 241 g/mol. The van der Waals surface area contributed by atoms with E-state index in [1.165, 1.54) is 0 Å². The highest BCUT2D eigenvalue weighted by atomic mass is 32.2. The highest BCUT2D eigenvalue weighted by molar-refractivity contribution is 7.98. The van der Waals surface area contributed by atoms with Gasteiger partial charge in [0, 0.05) is 10.5 Å². The van der Waals surface area contributed by atoms with E-state index in [1.54, 1.807) is 36.0 Å². The fraction of sp³-hybridized carbons (Fsp3) is 0.200. The van der Waals surface area contributed by atoms with Crippen LogP contribution in [0.2, 0.25) is 0 Å². The third kappa shape index (κ3) is 3.92. The molecule has 2 N–H and O–H groups in total. The van der Waals surface area contributed by atoms with E-state index >= 15 is 0 Å². The first-order chi connectivity index (χ1) is 7.63. The second-order valence-electron chi connectivity index (χ2n) is 2.84. The van der Waals surface area contributed by atoms with Gasteiger partial charge in [0.05, 0.1) is 0 Å². The summed E-state index contributed by atoms with van der Waals surface area (Å²) >= 11 is 1.57. The van der Waals surface area contributed by atoms with Gasteiger partial charge in [0.15, 0.2) is 6.61 Å². The molecule has 5 nitrogen and oxygen atoms in total. The molecule has 86 valence electrons. The summed E-state index contributed by atoms with van der Waals surface area (Å²) in [6.07, 6.45) is 1.94. The highest BCUT2D eigenvalue weighted by Crippen LogP contribution is 2.14. The van der Waals surface area contributed by atoms with Crippen LogP contribution in [0, 0.1) is 0 Å². The maximum Gasteiger partial charge on any atom is 0.332 e. The van der Waals surface area contributed by atoms with Crippen LogP contribution < -0.4 is 5.48 Å². The van der Waals surface area contributed by atoms with Gasteiger partial charge < -0.3 is 5.11 Å². The number of amides is 1. The van der Waals surface area contributed by atoms with E-state index in [2.05, 4.69) is 4.84 Å². The summed E-state index contributed by atoms with van der Waals surface area (Å²) < 4.78 is 0. The number of hydrogen-bond acceptors (Lipinski definition) is 4. The SMILES string of the molecule is CSc1ccc(C(=O)NOCC(=O)O)cc1. The number of nitrogens with one attached hydrogen (secondary N) is 1. The third-order valence-corrected chi connectivity index (χ3v) is 2.46. The van der Waals surface area contributed by atoms with E-state index < -0.39 is 18.5 Å². The van der Waals surface area contributed by atoms with Crippen LogP contribution in [0.15, 0.2) is 29.2 Å². The minimum Gasteiger partial charge on any atom is -0.479 e. The van der Waals surface area contributed by atoms with Crippen LogP contribution in [0.3, 0.4) is 0 Å². The Labute approximate surface area is 96.7 Å². The molecule has 16 heavy (non-hydrogen) atoms. The number of rotatable bonds is 5. The first kappa shape index (κ1) is 12.5. The smallest absolute Gasteiger partial charge is 0.332 e. The number of hydroxylamine groups is 1. The summed E-state index contributed by atoms with van der Waals surface area (Å²) in [6.45, 7) is -0.561. The third-order valence-electron chi connectivity index (χ3n) is 1.71. The zero-order valence-electron chi connectivity index (χ0n) is 8.60. The molecule has 0 fully saturated rings. The minimum atomic E-state index is -1.14. The molecule has 1 aromatic rings. The number of benzene rings is 1. The van der Waals surface area contributed by atoms with Crippen molar-refractivity contribution in [1.29, 1.82) is 0 Å². The Bertz CT molecular complexity index is 377. The van der Waals surface area contributed by atoms with Gasteiger partial charge in [0.2, 0.25) is 0 Å². The van der Waals surface area contributed by atoms with Gasteiger partial charge in [0.1, 0.15) is 0 Å². The molecule has 0 bridgehead atoms. The quantitative estimate of drug-likeness (QED) is 0.597. The molecule has 0 aromatic heterocycles. The predicted octanol–water partition coefficient (Wildman–Crippen LogP) is 1.15. The topological polar surface area (TPSA) is 75.6 Å². The molecule has 1 rings (SSSR count). The molecular formula is C10H11NO4S. The van der Waals surface area contributed by atoms with Crippen molar-refractivity contribution in [2.45, 2.75) is 4.90 Å². The van der Waals surface area contributed by atoms with Crippen LogP contribution >= 0.6 is 11.8 Å². The zero-order valence-corrected chi connectivity index (χ0v) is 9.41. The molecule has 1 aromatic carbocycles. The molecule has 0 saturated heterocycles.